The zero-order valence-corrected chi connectivity index (χ0v) is 18.0. The van der Waals surface area contributed by atoms with Gasteiger partial charge in [-0.05, 0) is 37.1 Å². The minimum atomic E-state index is -0.558. The monoisotopic (exact) mass is 447 g/mol. The Kier molecular flexibility index (Phi) is 5.65. The van der Waals surface area contributed by atoms with E-state index >= 15 is 0 Å². The van der Waals surface area contributed by atoms with Crippen LogP contribution in [0.25, 0.3) is 11.8 Å². The first-order chi connectivity index (χ1) is 15.8. The second kappa shape index (κ2) is 8.58. The first-order valence-electron chi connectivity index (χ1n) is 10.3. The number of nitrogens with zero attached hydrogens (tertiary/aromatic N) is 3. The van der Waals surface area contributed by atoms with Crippen LogP contribution in [-0.4, -0.2) is 31.5 Å². The molecule has 0 bridgehead atoms. The minimum absolute atomic E-state index is 0.00861. The summed E-state index contributed by atoms with van der Waals surface area (Å²) in [7, 11) is 0. The topological polar surface area (TPSA) is 130 Å². The smallest absolute Gasteiger partial charge is 0.303 e. The molecule has 2 heterocycles. The maximum Gasteiger partial charge on any atom is 0.329 e. The van der Waals surface area contributed by atoms with Gasteiger partial charge in [-0.3, -0.25) is 29.7 Å². The van der Waals surface area contributed by atoms with E-state index in [4.69, 9.17) is 0 Å². The highest BCUT2D eigenvalue weighted by molar-refractivity contribution is 6.13. The van der Waals surface area contributed by atoms with E-state index < -0.39 is 22.4 Å². The van der Waals surface area contributed by atoms with E-state index in [1.807, 2.05) is 38.1 Å². The van der Waals surface area contributed by atoms with Crippen LogP contribution in [0.5, 0.6) is 0 Å². The molecule has 0 unspecified atom stereocenters. The predicted octanol–water partition coefficient (Wildman–Crippen LogP) is 3.04. The van der Waals surface area contributed by atoms with E-state index in [-0.39, 0.29) is 23.5 Å². The number of carbonyl (C=O) groups excluding carboxylic acids is 2. The zero-order valence-electron chi connectivity index (χ0n) is 18.0. The number of aromatic amines is 1. The van der Waals surface area contributed by atoms with Crippen LogP contribution >= 0.6 is 0 Å². The largest absolute Gasteiger partial charge is 0.329 e. The summed E-state index contributed by atoms with van der Waals surface area (Å²) in [4.78, 5) is 49.8. The molecule has 0 atom stereocenters. The fourth-order valence-electron chi connectivity index (χ4n) is 3.67. The zero-order chi connectivity index (χ0) is 23.7. The van der Waals surface area contributed by atoms with Gasteiger partial charge < -0.3 is 5.32 Å². The maximum atomic E-state index is 13.1. The number of urea groups is 1. The molecule has 1 fully saturated rings. The third-order valence-electron chi connectivity index (χ3n) is 5.35. The van der Waals surface area contributed by atoms with Crippen LogP contribution in [0.4, 0.5) is 10.5 Å². The molecule has 3 amide bonds. The summed E-state index contributed by atoms with van der Waals surface area (Å²) in [6.45, 7) is 3.88. The quantitative estimate of drug-likeness (QED) is 0.260. The third-order valence-corrected chi connectivity index (χ3v) is 5.35. The van der Waals surface area contributed by atoms with Crippen molar-refractivity contribution in [1.29, 1.82) is 0 Å². The molecule has 10 nitrogen and oxygen atoms in total. The van der Waals surface area contributed by atoms with Gasteiger partial charge in [-0.25, -0.2) is 9.48 Å². The van der Waals surface area contributed by atoms with Crippen LogP contribution in [0.2, 0.25) is 0 Å². The number of nitrogens with one attached hydrogen (secondary N) is 2. The minimum Gasteiger partial charge on any atom is -0.303 e. The Morgan fingerprint density at radius 1 is 1.09 bits per heavy atom. The fourth-order valence-corrected chi connectivity index (χ4v) is 3.67. The van der Waals surface area contributed by atoms with Crippen LogP contribution < -0.4 is 10.9 Å². The Hall–Kier alpha value is -4.47. The first kappa shape index (κ1) is 21.8. The molecular formula is C23H21N5O5. The summed E-state index contributed by atoms with van der Waals surface area (Å²) in [6.07, 6.45) is 1.83. The molecule has 10 heteroatoms. The molecule has 1 saturated heterocycles. The van der Waals surface area contributed by atoms with Gasteiger partial charge in [0, 0.05) is 17.8 Å². The van der Waals surface area contributed by atoms with Crippen molar-refractivity contribution in [2.45, 2.75) is 26.8 Å². The van der Waals surface area contributed by atoms with Gasteiger partial charge in [0.05, 0.1) is 22.7 Å². The second-order valence-corrected chi connectivity index (χ2v) is 7.64. The van der Waals surface area contributed by atoms with E-state index in [1.54, 1.807) is 0 Å². The van der Waals surface area contributed by atoms with Gasteiger partial charge in [0.15, 0.2) is 0 Å². The molecule has 33 heavy (non-hydrogen) atoms. The lowest BCUT2D eigenvalue weighted by atomic mass is 10.1. The molecule has 2 aromatic carbocycles. The van der Waals surface area contributed by atoms with Crippen molar-refractivity contribution in [2.24, 2.45) is 0 Å². The Morgan fingerprint density at radius 3 is 2.45 bits per heavy atom. The lowest BCUT2D eigenvalue weighted by Gasteiger charge is -2.12. The van der Waals surface area contributed by atoms with Crippen LogP contribution in [-0.2, 0) is 17.8 Å². The Morgan fingerprint density at radius 2 is 1.82 bits per heavy atom. The summed E-state index contributed by atoms with van der Waals surface area (Å²) in [5.74, 6) is -0.522. The molecule has 1 aliphatic rings. The molecule has 3 aromatic rings. The van der Waals surface area contributed by atoms with Gasteiger partial charge in [0.1, 0.15) is 5.70 Å². The summed E-state index contributed by atoms with van der Waals surface area (Å²) >= 11 is 0. The van der Waals surface area contributed by atoms with Crippen molar-refractivity contribution in [1.82, 2.24) is 20.0 Å². The van der Waals surface area contributed by atoms with Gasteiger partial charge in [-0.15, -0.1) is 0 Å². The van der Waals surface area contributed by atoms with Crippen LogP contribution in [0.1, 0.15) is 29.3 Å². The Balaban J connectivity index is 1.66. The molecule has 0 saturated carbocycles. The Labute approximate surface area is 188 Å². The number of carbonyl (C=O) groups is 2. The number of nitro groups is 1. The van der Waals surface area contributed by atoms with E-state index in [0.717, 1.165) is 16.0 Å². The number of hydrogen-bond donors (Lipinski definition) is 2. The second-order valence-electron chi connectivity index (χ2n) is 7.64. The molecule has 0 radical (unpaired) electrons. The van der Waals surface area contributed by atoms with Gasteiger partial charge in [0.2, 0.25) is 0 Å². The standard InChI is InChI=1S/C23H21N5O5/c1-3-19-18(21(29)27(25-19)16-7-9-17(10-8-16)28(32)33)12-20-22(30)26(23(31)24-20)13-15-6-4-5-14(2)11-15/h4-12,25H,3,13H2,1-2H3,(H,24,31). The highest BCUT2D eigenvalue weighted by atomic mass is 16.6. The van der Waals surface area contributed by atoms with Crippen molar-refractivity contribution in [3.63, 3.8) is 0 Å². The number of aryl methyl sites for hydroxylation is 2. The van der Waals surface area contributed by atoms with Crippen molar-refractivity contribution in [3.8, 4) is 5.69 Å². The number of amides is 3. The van der Waals surface area contributed by atoms with Crippen LogP contribution in [0, 0.1) is 17.0 Å². The molecule has 1 aliphatic heterocycles. The lowest BCUT2D eigenvalue weighted by molar-refractivity contribution is -0.384. The van der Waals surface area contributed by atoms with E-state index in [2.05, 4.69) is 10.4 Å². The normalized spacial score (nSPS) is 14.7. The summed E-state index contributed by atoms with van der Waals surface area (Å²) in [6, 6.07) is 12.5. The molecule has 168 valence electrons. The fraction of sp³-hybridized carbons (Fsp3) is 0.174. The predicted molar refractivity (Wildman–Crippen MR) is 121 cm³/mol. The van der Waals surface area contributed by atoms with Crippen molar-refractivity contribution < 1.29 is 14.5 Å². The first-order valence-corrected chi connectivity index (χ1v) is 10.3. The number of aromatic nitrogens is 2. The molecule has 4 rings (SSSR count). The van der Waals surface area contributed by atoms with Gasteiger partial charge in [0.25, 0.3) is 17.2 Å². The van der Waals surface area contributed by atoms with Crippen molar-refractivity contribution in [2.75, 3.05) is 0 Å². The summed E-state index contributed by atoms with van der Waals surface area (Å²) in [5, 5.41) is 16.4. The van der Waals surface area contributed by atoms with Gasteiger partial charge >= 0.3 is 6.03 Å². The summed E-state index contributed by atoms with van der Waals surface area (Å²) in [5.41, 5.74) is 2.51. The van der Waals surface area contributed by atoms with E-state index in [1.165, 1.54) is 35.0 Å². The number of H-pyrrole nitrogens is 1. The number of nitro benzene ring substituents is 1. The maximum absolute atomic E-state index is 13.1. The van der Waals surface area contributed by atoms with Gasteiger partial charge in [-0.1, -0.05) is 36.8 Å². The molecule has 0 aliphatic carbocycles. The third kappa shape index (κ3) is 4.18. The molecule has 1 aromatic heterocycles. The SMILES string of the molecule is CCc1[nH]n(-c2ccc([N+](=O)[O-])cc2)c(=O)c1C=C1NC(=O)N(Cc2cccc(C)c2)C1=O. The number of non-ortho nitro benzene ring substituents is 1. The number of imide groups is 1. The molecular weight excluding hydrogens is 426 g/mol. The lowest BCUT2D eigenvalue weighted by Crippen LogP contribution is -2.30. The average molecular weight is 447 g/mol. The van der Waals surface area contributed by atoms with Gasteiger partial charge in [-0.2, -0.15) is 0 Å². The highest BCUT2D eigenvalue weighted by Gasteiger charge is 2.34. The van der Waals surface area contributed by atoms with E-state index in [0.29, 0.717) is 17.8 Å². The van der Waals surface area contributed by atoms with Crippen molar-refractivity contribution >= 4 is 23.7 Å². The van der Waals surface area contributed by atoms with Crippen molar-refractivity contribution in [3.05, 3.63) is 97.1 Å². The van der Waals surface area contributed by atoms with E-state index in [9.17, 15) is 24.5 Å². The molecule has 0 spiro atoms. The van der Waals surface area contributed by atoms with Crippen LogP contribution in [0.3, 0.4) is 0 Å². The van der Waals surface area contributed by atoms with Crippen LogP contribution in [0.15, 0.2) is 59.0 Å². The molecule has 2 N–H and O–H groups in total. The number of benzene rings is 2. The number of rotatable bonds is 6. The Bertz CT molecular complexity index is 1350. The summed E-state index contributed by atoms with van der Waals surface area (Å²) < 4.78 is 1.25. The average Bonchev–Trinajstić information content (AvgIpc) is 3.25. The number of hydrogen-bond acceptors (Lipinski definition) is 5. The highest BCUT2D eigenvalue weighted by Crippen LogP contribution is 2.19.